The monoisotopic (exact) mass is 648 g/mol. The van der Waals surface area contributed by atoms with E-state index in [1.54, 1.807) is 4.90 Å². The van der Waals surface area contributed by atoms with Gasteiger partial charge in [-0.05, 0) is 108 Å². The average molecular weight is 650 g/mol. The molecule has 3 aliphatic rings. The highest BCUT2D eigenvalue weighted by Gasteiger charge is 2.62. The maximum absolute atomic E-state index is 14.0. The first kappa shape index (κ1) is 30.3. The Morgan fingerprint density at radius 1 is 0.674 bits per heavy atom. The molecule has 232 valence electrons. The Hall–Kier alpha value is -4.39. The lowest BCUT2D eigenvalue weighted by atomic mass is 9.74. The van der Waals surface area contributed by atoms with Gasteiger partial charge in [0.2, 0.25) is 11.8 Å². The van der Waals surface area contributed by atoms with Crippen molar-refractivity contribution in [3.8, 4) is 0 Å². The van der Waals surface area contributed by atoms with Crippen LogP contribution in [0.5, 0.6) is 0 Å². The number of nitrogens with zero attached hydrogens (tertiary/aromatic N) is 4. The Morgan fingerprint density at radius 2 is 1.24 bits per heavy atom. The number of hydrogen-bond donors (Lipinski definition) is 0. The normalized spacial score (nSPS) is 22.2. The minimum atomic E-state index is -0.850. The number of allylic oxidation sites excluding steroid dienone is 1. The summed E-state index contributed by atoms with van der Waals surface area (Å²) >= 11 is 12.9. The van der Waals surface area contributed by atoms with Crippen molar-refractivity contribution >= 4 is 63.5 Å². The summed E-state index contributed by atoms with van der Waals surface area (Å²) in [5.74, 6) is 0.00150. The van der Waals surface area contributed by atoms with Crippen LogP contribution in [0.15, 0.2) is 107 Å². The molecule has 7 rings (SSSR count). The molecule has 4 aromatic rings. The third kappa shape index (κ3) is 4.50. The first-order valence-electron chi connectivity index (χ1n) is 15.3. The third-order valence-electron chi connectivity index (χ3n) is 9.29. The van der Waals surface area contributed by atoms with Crippen molar-refractivity contribution in [3.63, 3.8) is 0 Å². The Kier molecular flexibility index (Phi) is 6.96. The molecule has 1 unspecified atom stereocenters. The molecule has 46 heavy (non-hydrogen) atoms. The number of benzene rings is 4. The molecular weight excluding hydrogens is 615 g/mol. The second-order valence-corrected chi connectivity index (χ2v) is 14.2. The fourth-order valence-corrected chi connectivity index (χ4v) is 7.05. The summed E-state index contributed by atoms with van der Waals surface area (Å²) in [6.45, 7) is 11.9. The van der Waals surface area contributed by atoms with Gasteiger partial charge in [0, 0.05) is 27.0 Å². The molecule has 8 heteroatoms. The SMILES string of the molecule is Cc1ccc(N2C(=O)C(C)(C)/C2=C2\C(=Nc3ccc(Cl)cc3)c3cc(Cl)ccc3N2C2N(c3ccc(C)cc3)C(=O)C2(C)C)cc1. The van der Waals surface area contributed by atoms with Crippen LogP contribution in [0.2, 0.25) is 10.0 Å². The van der Waals surface area contributed by atoms with Gasteiger partial charge >= 0.3 is 0 Å². The van der Waals surface area contributed by atoms with Crippen molar-refractivity contribution in [2.75, 3.05) is 14.7 Å². The second kappa shape index (κ2) is 10.6. The summed E-state index contributed by atoms with van der Waals surface area (Å²) in [7, 11) is 0. The number of fused-ring (bicyclic) bond motifs is 1. The van der Waals surface area contributed by atoms with E-state index in [1.807, 2.05) is 137 Å². The predicted molar refractivity (Wildman–Crippen MR) is 187 cm³/mol. The topological polar surface area (TPSA) is 56.2 Å². The molecule has 4 aromatic carbocycles. The minimum absolute atomic E-state index is 0.0158. The Morgan fingerprint density at radius 3 is 1.85 bits per heavy atom. The van der Waals surface area contributed by atoms with E-state index in [-0.39, 0.29) is 11.8 Å². The summed E-state index contributed by atoms with van der Waals surface area (Å²) < 4.78 is 0. The zero-order chi connectivity index (χ0) is 32.7. The molecular formula is C38H34Cl2N4O2. The zero-order valence-electron chi connectivity index (χ0n) is 26.6. The first-order chi connectivity index (χ1) is 21.8. The number of rotatable bonds is 4. The van der Waals surface area contributed by atoms with Crippen LogP contribution in [0.3, 0.4) is 0 Å². The van der Waals surface area contributed by atoms with Crippen LogP contribution in [-0.2, 0) is 9.59 Å². The van der Waals surface area contributed by atoms with Crippen molar-refractivity contribution in [2.45, 2.75) is 47.7 Å². The van der Waals surface area contributed by atoms with E-state index < -0.39 is 17.0 Å². The Labute approximate surface area is 279 Å². The van der Waals surface area contributed by atoms with Gasteiger partial charge in [-0.15, -0.1) is 0 Å². The van der Waals surface area contributed by atoms with Crippen LogP contribution < -0.4 is 14.7 Å². The van der Waals surface area contributed by atoms with Gasteiger partial charge in [-0.2, -0.15) is 0 Å². The Bertz CT molecular complexity index is 1980. The second-order valence-electron chi connectivity index (χ2n) is 13.4. The molecule has 2 fully saturated rings. The number of halogens is 2. The third-order valence-corrected chi connectivity index (χ3v) is 9.78. The maximum atomic E-state index is 14.0. The highest BCUT2D eigenvalue weighted by molar-refractivity contribution is 6.33. The summed E-state index contributed by atoms with van der Waals surface area (Å²) in [5, 5.41) is 1.17. The molecule has 2 amide bonds. The summed E-state index contributed by atoms with van der Waals surface area (Å²) in [5.41, 5.74) is 6.80. The molecule has 0 spiro atoms. The minimum Gasteiger partial charge on any atom is -0.315 e. The number of carbonyl (C=O) groups is 2. The zero-order valence-corrected chi connectivity index (χ0v) is 28.1. The van der Waals surface area contributed by atoms with E-state index in [0.717, 1.165) is 45.1 Å². The highest BCUT2D eigenvalue weighted by Crippen LogP contribution is 2.55. The molecule has 0 aromatic heterocycles. The molecule has 2 saturated heterocycles. The molecule has 3 heterocycles. The molecule has 0 N–H and O–H groups in total. The van der Waals surface area contributed by atoms with E-state index in [2.05, 4.69) is 4.90 Å². The van der Waals surface area contributed by atoms with Crippen molar-refractivity contribution < 1.29 is 9.59 Å². The van der Waals surface area contributed by atoms with Gasteiger partial charge in [0.25, 0.3) is 0 Å². The number of amides is 2. The molecule has 0 saturated carbocycles. The van der Waals surface area contributed by atoms with Gasteiger partial charge in [0.05, 0.1) is 39.3 Å². The van der Waals surface area contributed by atoms with Gasteiger partial charge < -0.3 is 4.90 Å². The molecule has 0 bridgehead atoms. The van der Waals surface area contributed by atoms with Gasteiger partial charge in [-0.25, -0.2) is 4.99 Å². The standard InChI is InChI=1S/C38H34Cl2N4O2/c1-22-7-16-27(17-8-22)42-33(37(3,4)35(42)45)32-31(41-26-14-11-24(39)12-15-26)29-21-25(40)13-20-30(29)44(32)34-38(5,6)36(46)43(34)28-18-9-23(2)10-19-28/h7-21,34H,1-6H3/b33-32-,41-31?. The molecule has 1 atom stereocenters. The summed E-state index contributed by atoms with van der Waals surface area (Å²) in [6.07, 6.45) is -0.422. The van der Waals surface area contributed by atoms with E-state index in [1.165, 1.54) is 0 Å². The number of hydrogen-bond acceptors (Lipinski definition) is 4. The van der Waals surface area contributed by atoms with E-state index in [0.29, 0.717) is 21.4 Å². The number of aliphatic imine (C=N–C) groups is 1. The van der Waals surface area contributed by atoms with Crippen LogP contribution in [-0.4, -0.2) is 23.7 Å². The first-order valence-corrected chi connectivity index (χ1v) is 16.1. The lowest BCUT2D eigenvalue weighted by Crippen LogP contribution is -2.73. The van der Waals surface area contributed by atoms with Crippen molar-refractivity contribution in [2.24, 2.45) is 15.8 Å². The smallest absolute Gasteiger partial charge is 0.243 e. The summed E-state index contributed by atoms with van der Waals surface area (Å²) in [4.78, 5) is 38.9. The molecule has 6 nitrogen and oxygen atoms in total. The van der Waals surface area contributed by atoms with Crippen LogP contribution in [0, 0.1) is 24.7 Å². The largest absolute Gasteiger partial charge is 0.315 e. The van der Waals surface area contributed by atoms with Crippen LogP contribution >= 0.6 is 23.2 Å². The van der Waals surface area contributed by atoms with Crippen molar-refractivity contribution in [1.82, 2.24) is 0 Å². The summed E-state index contributed by atoms with van der Waals surface area (Å²) in [6, 6.07) is 29.1. The lowest BCUT2D eigenvalue weighted by molar-refractivity contribution is -0.137. The number of aryl methyl sites for hydroxylation is 2. The number of β-lactam (4-membered cyclic amide) rings is 2. The Balaban J connectivity index is 1.54. The van der Waals surface area contributed by atoms with Crippen LogP contribution in [0.1, 0.15) is 44.4 Å². The average Bonchev–Trinajstić information content (AvgIpc) is 3.31. The van der Waals surface area contributed by atoms with E-state index in [9.17, 15) is 9.59 Å². The van der Waals surface area contributed by atoms with Crippen molar-refractivity contribution in [3.05, 3.63) is 129 Å². The van der Waals surface area contributed by atoms with E-state index >= 15 is 0 Å². The van der Waals surface area contributed by atoms with Crippen molar-refractivity contribution in [1.29, 1.82) is 0 Å². The fourth-order valence-electron chi connectivity index (χ4n) is 6.75. The molecule has 0 aliphatic carbocycles. The quantitative estimate of drug-likeness (QED) is 0.207. The number of anilines is 3. The molecule has 3 aliphatic heterocycles. The maximum Gasteiger partial charge on any atom is 0.243 e. The van der Waals surface area contributed by atoms with Crippen LogP contribution in [0.25, 0.3) is 0 Å². The van der Waals surface area contributed by atoms with E-state index in [4.69, 9.17) is 28.2 Å². The predicted octanol–water partition coefficient (Wildman–Crippen LogP) is 9.23. The van der Waals surface area contributed by atoms with Gasteiger partial charge in [-0.3, -0.25) is 19.4 Å². The van der Waals surface area contributed by atoms with Crippen LogP contribution in [0.4, 0.5) is 22.7 Å². The van der Waals surface area contributed by atoms with Gasteiger partial charge in [-0.1, -0.05) is 58.6 Å². The fraction of sp³-hybridized carbons (Fsp3) is 0.237. The van der Waals surface area contributed by atoms with Gasteiger partial charge in [0.1, 0.15) is 6.17 Å². The van der Waals surface area contributed by atoms with Gasteiger partial charge in [0.15, 0.2) is 0 Å². The molecule has 0 radical (unpaired) electrons. The highest BCUT2D eigenvalue weighted by atomic mass is 35.5. The lowest BCUT2D eigenvalue weighted by Gasteiger charge is -2.58. The number of carbonyl (C=O) groups excluding carboxylic acids is 2.